The lowest BCUT2D eigenvalue weighted by Gasteiger charge is -2.11. The van der Waals surface area contributed by atoms with Crippen LogP contribution in [0.15, 0.2) is 188 Å². The van der Waals surface area contributed by atoms with E-state index in [4.69, 9.17) is 0 Å². The van der Waals surface area contributed by atoms with Gasteiger partial charge in [0.05, 0.1) is 22.1 Å². The van der Waals surface area contributed by atoms with Crippen molar-refractivity contribution in [1.82, 2.24) is 9.13 Å². The van der Waals surface area contributed by atoms with Crippen molar-refractivity contribution < 1.29 is 0 Å². The minimum Gasteiger partial charge on any atom is -0.309 e. The third-order valence-corrected chi connectivity index (χ3v) is 13.7. The van der Waals surface area contributed by atoms with E-state index >= 15 is 0 Å². The maximum atomic E-state index is 2.43. The minimum absolute atomic E-state index is 1.14. The smallest absolute Gasteiger partial charge is 0.0541 e. The van der Waals surface area contributed by atoms with Crippen molar-refractivity contribution in [2.45, 2.75) is 26.2 Å². The van der Waals surface area contributed by atoms with E-state index in [0.29, 0.717) is 0 Å². The van der Waals surface area contributed by atoms with E-state index < -0.39 is 0 Å². The highest BCUT2D eigenvalue weighted by Gasteiger charge is 2.17. The Kier molecular flexibility index (Phi) is 7.86. The molecule has 12 rings (SSSR count). The molecule has 0 fully saturated rings. The molecule has 0 N–H and O–H groups in total. The zero-order valence-electron chi connectivity index (χ0n) is 32.8. The lowest BCUT2D eigenvalue weighted by molar-refractivity contribution is 0.796. The number of para-hydroxylation sites is 2. The van der Waals surface area contributed by atoms with E-state index in [1.54, 1.807) is 0 Å². The molecule has 0 aliphatic rings. The lowest BCUT2D eigenvalue weighted by Crippen LogP contribution is -1.94. The van der Waals surface area contributed by atoms with Crippen LogP contribution in [0.2, 0.25) is 0 Å². The van der Waals surface area contributed by atoms with Crippen LogP contribution in [0.3, 0.4) is 0 Å². The summed E-state index contributed by atoms with van der Waals surface area (Å²) in [6, 6.07) is 70.1. The fourth-order valence-corrected chi connectivity index (χ4v) is 10.8. The first-order chi connectivity index (χ1) is 29.2. The first-order valence-electron chi connectivity index (χ1n) is 20.8. The van der Waals surface area contributed by atoms with Crippen molar-refractivity contribution in [2.75, 3.05) is 0 Å². The number of thiophene rings is 1. The Labute approximate surface area is 346 Å². The fraction of sp³-hybridized carbons (Fsp3) is 0.0714. The molecule has 0 spiro atoms. The number of aryl methyl sites for hydroxylation is 1. The molecule has 2 nitrogen and oxygen atoms in total. The monoisotopic (exact) mass is 772 g/mol. The molecule has 3 aromatic heterocycles. The van der Waals surface area contributed by atoms with E-state index in [1.807, 2.05) is 11.3 Å². The normalized spacial score (nSPS) is 12.0. The molecule has 0 saturated heterocycles. The third kappa shape index (κ3) is 5.46. The average molecular weight is 773 g/mol. The Bertz CT molecular complexity index is 3600. The van der Waals surface area contributed by atoms with Gasteiger partial charge in [-0.25, -0.2) is 0 Å². The topological polar surface area (TPSA) is 9.86 Å². The molecule has 12 aromatic rings. The highest BCUT2D eigenvalue weighted by atomic mass is 32.1. The number of nitrogens with zero attached hydrogens (tertiary/aromatic N) is 2. The standard InChI is InChI=1S/C56H40N2S/c1-2-3-11-36-20-31-55-50(32-36)47-17-10-16-44(56(47)59-55)38-22-26-42(27-23-38)57-51-18-8-6-14-45(51)48-34-40(24-29-53(48)57)41-25-30-54-49(35-41)46-15-7-9-19-52(46)58(54)43-28-21-37-12-4-5-13-39(37)33-43/h4-10,12-35H,2-3,11H2,1H3. The molecule has 280 valence electrons. The summed E-state index contributed by atoms with van der Waals surface area (Å²) < 4.78 is 7.57. The van der Waals surface area contributed by atoms with Gasteiger partial charge < -0.3 is 9.13 Å². The van der Waals surface area contributed by atoms with Gasteiger partial charge in [0, 0.05) is 53.1 Å². The molecule has 0 unspecified atom stereocenters. The van der Waals surface area contributed by atoms with Gasteiger partial charge >= 0.3 is 0 Å². The van der Waals surface area contributed by atoms with Gasteiger partial charge in [0.1, 0.15) is 0 Å². The third-order valence-electron chi connectivity index (χ3n) is 12.5. The van der Waals surface area contributed by atoms with Gasteiger partial charge in [0.15, 0.2) is 0 Å². The van der Waals surface area contributed by atoms with Crippen LogP contribution in [0.5, 0.6) is 0 Å². The van der Waals surface area contributed by atoms with Crippen molar-refractivity contribution in [3.05, 3.63) is 194 Å². The molecule has 0 aliphatic heterocycles. The van der Waals surface area contributed by atoms with Crippen LogP contribution in [0.4, 0.5) is 0 Å². The van der Waals surface area contributed by atoms with Crippen LogP contribution in [0.1, 0.15) is 25.3 Å². The lowest BCUT2D eigenvalue weighted by atomic mass is 10.0. The number of hydrogen-bond acceptors (Lipinski definition) is 1. The highest BCUT2D eigenvalue weighted by Crippen LogP contribution is 2.42. The van der Waals surface area contributed by atoms with Crippen molar-refractivity contribution in [1.29, 1.82) is 0 Å². The molecule has 0 aliphatic carbocycles. The summed E-state index contributed by atoms with van der Waals surface area (Å²) >= 11 is 1.92. The Morgan fingerprint density at radius 1 is 0.407 bits per heavy atom. The number of rotatable bonds is 7. The van der Waals surface area contributed by atoms with Gasteiger partial charge in [-0.1, -0.05) is 129 Å². The molecule has 0 amide bonds. The Morgan fingerprint density at radius 2 is 1.00 bits per heavy atom. The zero-order chi connectivity index (χ0) is 39.0. The molecule has 3 heteroatoms. The summed E-state index contributed by atoms with van der Waals surface area (Å²) in [6.07, 6.45) is 3.59. The van der Waals surface area contributed by atoms with Crippen molar-refractivity contribution in [3.63, 3.8) is 0 Å². The van der Waals surface area contributed by atoms with Gasteiger partial charge in [0.2, 0.25) is 0 Å². The number of unbranched alkanes of at least 4 members (excludes halogenated alkanes) is 1. The molecular weight excluding hydrogens is 733 g/mol. The second kappa shape index (κ2) is 13.6. The summed E-state index contributed by atoms with van der Waals surface area (Å²) in [5, 5.41) is 10.3. The summed E-state index contributed by atoms with van der Waals surface area (Å²) in [4.78, 5) is 0. The molecule has 3 heterocycles. The molecule has 0 saturated carbocycles. The van der Waals surface area contributed by atoms with Crippen LogP contribution in [-0.4, -0.2) is 9.13 Å². The Morgan fingerprint density at radius 3 is 1.71 bits per heavy atom. The second-order valence-electron chi connectivity index (χ2n) is 16.0. The molecular formula is C56H40N2S. The maximum absolute atomic E-state index is 2.43. The highest BCUT2D eigenvalue weighted by molar-refractivity contribution is 7.26. The zero-order valence-corrected chi connectivity index (χ0v) is 33.6. The van der Waals surface area contributed by atoms with Crippen molar-refractivity contribution in [3.8, 4) is 33.6 Å². The summed E-state index contributed by atoms with van der Waals surface area (Å²) in [7, 11) is 0. The van der Waals surface area contributed by atoms with E-state index in [-0.39, 0.29) is 0 Å². The van der Waals surface area contributed by atoms with E-state index in [0.717, 1.165) is 6.42 Å². The quantitative estimate of drug-likeness (QED) is 0.153. The number of hydrogen-bond donors (Lipinski definition) is 0. The molecule has 59 heavy (non-hydrogen) atoms. The van der Waals surface area contributed by atoms with Gasteiger partial charge in [0.25, 0.3) is 0 Å². The van der Waals surface area contributed by atoms with Crippen LogP contribution in [0, 0.1) is 0 Å². The Hall–Kier alpha value is -6.94. The van der Waals surface area contributed by atoms with Gasteiger partial charge in [-0.15, -0.1) is 11.3 Å². The average Bonchev–Trinajstić information content (AvgIpc) is 3.95. The largest absolute Gasteiger partial charge is 0.309 e. The molecule has 0 atom stereocenters. The van der Waals surface area contributed by atoms with Gasteiger partial charge in [-0.2, -0.15) is 0 Å². The SMILES string of the molecule is CCCCc1ccc2sc3c(-c4ccc(-n5c6ccccc6c6cc(-c7ccc8c(c7)c7ccccc7n8-c7ccc8ccccc8c7)ccc65)cc4)cccc3c2c1. The van der Waals surface area contributed by atoms with Crippen molar-refractivity contribution >= 4 is 85.9 Å². The first-order valence-corrected chi connectivity index (χ1v) is 21.6. The maximum Gasteiger partial charge on any atom is 0.0541 e. The summed E-state index contributed by atoms with van der Waals surface area (Å²) in [5.74, 6) is 0. The van der Waals surface area contributed by atoms with E-state index in [2.05, 4.69) is 204 Å². The number of aromatic nitrogens is 2. The second-order valence-corrected chi connectivity index (χ2v) is 17.0. The molecule has 9 aromatic carbocycles. The molecule has 0 bridgehead atoms. The van der Waals surface area contributed by atoms with Gasteiger partial charge in [-0.3, -0.25) is 0 Å². The van der Waals surface area contributed by atoms with Crippen LogP contribution >= 0.6 is 11.3 Å². The predicted octanol–water partition coefficient (Wildman–Crippen LogP) is 16.1. The summed E-state index contributed by atoms with van der Waals surface area (Å²) in [5.41, 5.74) is 13.6. The van der Waals surface area contributed by atoms with E-state index in [9.17, 15) is 0 Å². The first kappa shape index (κ1) is 34.1. The summed E-state index contributed by atoms with van der Waals surface area (Å²) in [6.45, 7) is 2.27. The Balaban J connectivity index is 0.941. The predicted molar refractivity (Wildman–Crippen MR) is 255 cm³/mol. The van der Waals surface area contributed by atoms with Crippen LogP contribution in [-0.2, 0) is 6.42 Å². The van der Waals surface area contributed by atoms with E-state index in [1.165, 1.54) is 127 Å². The van der Waals surface area contributed by atoms with Gasteiger partial charge in [-0.05, 0) is 124 Å². The minimum atomic E-state index is 1.14. The van der Waals surface area contributed by atoms with Crippen LogP contribution < -0.4 is 0 Å². The number of benzene rings is 9. The van der Waals surface area contributed by atoms with Crippen LogP contribution in [0.25, 0.3) is 108 Å². The number of fused-ring (bicyclic) bond motifs is 10. The fourth-order valence-electron chi connectivity index (χ4n) is 9.58. The van der Waals surface area contributed by atoms with Crippen molar-refractivity contribution in [2.24, 2.45) is 0 Å². The molecule has 0 radical (unpaired) electrons.